The number of nitro benzene ring substituents is 1. The van der Waals surface area contributed by atoms with E-state index in [2.05, 4.69) is 5.32 Å². The van der Waals surface area contributed by atoms with Crippen molar-refractivity contribution in [2.75, 3.05) is 6.54 Å². The summed E-state index contributed by atoms with van der Waals surface area (Å²) in [6, 6.07) is 9.79. The van der Waals surface area contributed by atoms with Crippen molar-refractivity contribution in [2.24, 2.45) is 0 Å². The van der Waals surface area contributed by atoms with Crippen LogP contribution in [-0.2, 0) is 16.0 Å². The third-order valence-corrected chi connectivity index (χ3v) is 3.91. The summed E-state index contributed by atoms with van der Waals surface area (Å²) in [6.07, 6.45) is -0.518. The van der Waals surface area contributed by atoms with Crippen molar-refractivity contribution in [3.8, 4) is 0 Å². The van der Waals surface area contributed by atoms with Gasteiger partial charge in [-0.25, -0.2) is 9.18 Å². The van der Waals surface area contributed by atoms with Gasteiger partial charge >= 0.3 is 5.97 Å². The van der Waals surface area contributed by atoms with Crippen LogP contribution in [-0.4, -0.2) is 29.4 Å². The van der Waals surface area contributed by atoms with Crippen LogP contribution in [0.3, 0.4) is 0 Å². The van der Waals surface area contributed by atoms with Gasteiger partial charge in [0.1, 0.15) is 5.82 Å². The summed E-state index contributed by atoms with van der Waals surface area (Å²) in [5, 5.41) is 13.4. The number of nitrogens with one attached hydrogen (secondary N) is 1. The average Bonchev–Trinajstić information content (AvgIpc) is 2.62. The second-order valence-corrected chi connectivity index (χ2v) is 5.97. The lowest BCUT2D eigenvalue weighted by atomic mass is 10.1. The molecule has 0 radical (unpaired) electrons. The standard InChI is InChI=1S/C19H19FN2O5/c1-12-11-15(5-8-17(12)22(25)26)19(24)27-13(2)18(23)21-10-9-14-3-6-16(20)7-4-14/h3-8,11,13H,9-10H2,1-2H3,(H,21,23)/t13-/m1/s1. The van der Waals surface area contributed by atoms with Crippen LogP contribution < -0.4 is 5.32 Å². The van der Waals surface area contributed by atoms with Gasteiger partial charge in [-0.05, 0) is 50.1 Å². The molecular weight excluding hydrogens is 355 g/mol. The summed E-state index contributed by atoms with van der Waals surface area (Å²) in [7, 11) is 0. The van der Waals surface area contributed by atoms with Crippen molar-refractivity contribution in [1.82, 2.24) is 5.32 Å². The van der Waals surface area contributed by atoms with Crippen LogP contribution in [0.1, 0.15) is 28.4 Å². The summed E-state index contributed by atoms with van der Waals surface area (Å²) in [6.45, 7) is 3.26. The number of amides is 1. The summed E-state index contributed by atoms with van der Waals surface area (Å²) >= 11 is 0. The smallest absolute Gasteiger partial charge is 0.338 e. The molecule has 0 unspecified atom stereocenters. The van der Waals surface area contributed by atoms with Gasteiger partial charge in [0, 0.05) is 18.2 Å². The number of hydrogen-bond acceptors (Lipinski definition) is 5. The summed E-state index contributed by atoms with van der Waals surface area (Å²) < 4.78 is 17.9. The van der Waals surface area contributed by atoms with Gasteiger partial charge in [-0.3, -0.25) is 14.9 Å². The third kappa shape index (κ3) is 5.60. The molecule has 0 aliphatic carbocycles. The van der Waals surface area contributed by atoms with Crippen LogP contribution in [0.25, 0.3) is 0 Å². The lowest BCUT2D eigenvalue weighted by Gasteiger charge is -2.14. The Bertz CT molecular complexity index is 852. The van der Waals surface area contributed by atoms with Crippen LogP contribution in [0.15, 0.2) is 42.5 Å². The van der Waals surface area contributed by atoms with Crippen molar-refractivity contribution in [3.63, 3.8) is 0 Å². The highest BCUT2D eigenvalue weighted by Crippen LogP contribution is 2.19. The van der Waals surface area contributed by atoms with Gasteiger partial charge in [-0.2, -0.15) is 0 Å². The molecule has 1 amide bonds. The quantitative estimate of drug-likeness (QED) is 0.456. The molecule has 1 atom stereocenters. The lowest BCUT2D eigenvalue weighted by Crippen LogP contribution is -2.36. The van der Waals surface area contributed by atoms with Crippen LogP contribution in [0.2, 0.25) is 0 Å². The number of nitro groups is 1. The Morgan fingerprint density at radius 2 is 1.89 bits per heavy atom. The molecule has 0 bridgehead atoms. The molecule has 1 N–H and O–H groups in total. The largest absolute Gasteiger partial charge is 0.449 e. The zero-order chi connectivity index (χ0) is 20.0. The SMILES string of the molecule is Cc1cc(C(=O)O[C@H](C)C(=O)NCCc2ccc(F)cc2)ccc1[N+](=O)[O-]. The molecule has 0 fully saturated rings. The molecule has 8 heteroatoms. The number of esters is 1. The third-order valence-electron chi connectivity index (χ3n) is 3.91. The Morgan fingerprint density at radius 1 is 1.22 bits per heavy atom. The molecule has 2 aromatic rings. The molecule has 0 aliphatic heterocycles. The van der Waals surface area contributed by atoms with Gasteiger partial charge in [-0.15, -0.1) is 0 Å². The highest BCUT2D eigenvalue weighted by Gasteiger charge is 2.20. The van der Waals surface area contributed by atoms with E-state index < -0.39 is 22.9 Å². The van der Waals surface area contributed by atoms with Crippen molar-refractivity contribution in [3.05, 3.63) is 75.1 Å². The first-order valence-corrected chi connectivity index (χ1v) is 8.26. The maximum absolute atomic E-state index is 12.8. The Kier molecular flexibility index (Phi) is 6.59. The Morgan fingerprint density at radius 3 is 2.48 bits per heavy atom. The van der Waals surface area contributed by atoms with E-state index in [0.717, 1.165) is 5.56 Å². The van der Waals surface area contributed by atoms with E-state index >= 15 is 0 Å². The second-order valence-electron chi connectivity index (χ2n) is 5.97. The molecule has 2 rings (SSSR count). The minimum Gasteiger partial charge on any atom is -0.449 e. The zero-order valence-corrected chi connectivity index (χ0v) is 14.9. The summed E-state index contributed by atoms with van der Waals surface area (Å²) in [5.41, 5.74) is 1.22. The van der Waals surface area contributed by atoms with Gasteiger partial charge in [0.15, 0.2) is 6.10 Å². The monoisotopic (exact) mass is 374 g/mol. The van der Waals surface area contributed by atoms with E-state index in [1.165, 1.54) is 44.2 Å². The lowest BCUT2D eigenvalue weighted by molar-refractivity contribution is -0.385. The maximum atomic E-state index is 12.8. The van der Waals surface area contributed by atoms with E-state index in [1.54, 1.807) is 12.1 Å². The first-order chi connectivity index (χ1) is 12.8. The van der Waals surface area contributed by atoms with Gasteiger partial charge in [0.25, 0.3) is 11.6 Å². The number of hydrogen-bond donors (Lipinski definition) is 1. The molecule has 142 valence electrons. The molecule has 0 heterocycles. The van der Waals surface area contributed by atoms with Gasteiger partial charge in [-0.1, -0.05) is 12.1 Å². The Hall–Kier alpha value is -3.29. The minimum absolute atomic E-state index is 0.0989. The second kappa shape index (κ2) is 8.88. The normalized spacial score (nSPS) is 11.5. The van der Waals surface area contributed by atoms with E-state index in [9.17, 15) is 24.1 Å². The van der Waals surface area contributed by atoms with E-state index in [1.807, 2.05) is 0 Å². The zero-order valence-electron chi connectivity index (χ0n) is 14.9. The van der Waals surface area contributed by atoms with E-state index in [4.69, 9.17) is 4.74 Å². The maximum Gasteiger partial charge on any atom is 0.338 e. The van der Waals surface area contributed by atoms with E-state index in [-0.39, 0.29) is 17.1 Å². The fourth-order valence-corrected chi connectivity index (χ4v) is 2.39. The summed E-state index contributed by atoms with van der Waals surface area (Å²) in [4.78, 5) is 34.4. The highest BCUT2D eigenvalue weighted by atomic mass is 19.1. The van der Waals surface area contributed by atoms with Crippen molar-refractivity contribution in [2.45, 2.75) is 26.4 Å². The van der Waals surface area contributed by atoms with Crippen molar-refractivity contribution >= 4 is 17.6 Å². The van der Waals surface area contributed by atoms with E-state index in [0.29, 0.717) is 18.5 Å². The molecule has 2 aromatic carbocycles. The molecular formula is C19H19FN2O5. The Balaban J connectivity index is 1.86. The first-order valence-electron chi connectivity index (χ1n) is 8.26. The number of rotatable bonds is 7. The number of carbonyl (C=O) groups is 2. The van der Waals surface area contributed by atoms with Crippen LogP contribution >= 0.6 is 0 Å². The Labute approximate surface area is 155 Å². The van der Waals surface area contributed by atoms with Crippen LogP contribution in [0, 0.1) is 22.9 Å². The first kappa shape index (κ1) is 20.0. The fraction of sp³-hybridized carbons (Fsp3) is 0.263. The van der Waals surface area contributed by atoms with Crippen LogP contribution in [0.4, 0.5) is 10.1 Å². The fourth-order valence-electron chi connectivity index (χ4n) is 2.39. The van der Waals surface area contributed by atoms with Crippen molar-refractivity contribution in [1.29, 1.82) is 0 Å². The molecule has 0 saturated heterocycles. The highest BCUT2D eigenvalue weighted by molar-refractivity contribution is 5.92. The molecule has 0 spiro atoms. The van der Waals surface area contributed by atoms with Gasteiger partial charge in [0.05, 0.1) is 10.5 Å². The van der Waals surface area contributed by atoms with Crippen molar-refractivity contribution < 1.29 is 23.6 Å². The number of nitrogens with zero attached hydrogens (tertiary/aromatic N) is 1. The van der Waals surface area contributed by atoms with Gasteiger partial charge < -0.3 is 10.1 Å². The van der Waals surface area contributed by atoms with Crippen LogP contribution in [0.5, 0.6) is 0 Å². The average molecular weight is 374 g/mol. The topological polar surface area (TPSA) is 98.5 Å². The molecule has 7 nitrogen and oxygen atoms in total. The molecule has 0 aromatic heterocycles. The molecule has 27 heavy (non-hydrogen) atoms. The number of carbonyl (C=O) groups excluding carboxylic acids is 2. The minimum atomic E-state index is -1.03. The number of benzene rings is 2. The number of ether oxygens (including phenoxy) is 1. The predicted octanol–water partition coefficient (Wildman–Crippen LogP) is 2.95. The summed E-state index contributed by atoms with van der Waals surface area (Å²) in [5.74, 6) is -1.54. The number of aryl methyl sites for hydroxylation is 1. The molecule has 0 saturated carbocycles. The predicted molar refractivity (Wildman–Crippen MR) is 95.8 cm³/mol. The number of halogens is 1. The molecule has 0 aliphatic rings. The van der Waals surface area contributed by atoms with Gasteiger partial charge in [0.2, 0.25) is 0 Å².